The van der Waals surface area contributed by atoms with Gasteiger partial charge in [0, 0.05) is 25.0 Å². The lowest BCUT2D eigenvalue weighted by atomic mass is 9.98. The summed E-state index contributed by atoms with van der Waals surface area (Å²) in [5.74, 6) is 1.57. The molecule has 0 radical (unpaired) electrons. The number of nitrogens with one attached hydrogen (secondary N) is 2. The predicted molar refractivity (Wildman–Crippen MR) is 67.2 cm³/mol. The summed E-state index contributed by atoms with van der Waals surface area (Å²) >= 11 is 0. The molecule has 3 heteroatoms. The van der Waals surface area contributed by atoms with Crippen LogP contribution in [0.2, 0.25) is 0 Å². The molecule has 16 heavy (non-hydrogen) atoms. The highest BCUT2D eigenvalue weighted by Crippen LogP contribution is 2.30. The molecule has 1 rings (SSSR count). The monoisotopic (exact) mass is 226 g/mol. The molecule has 0 aromatic heterocycles. The molecule has 3 unspecified atom stereocenters. The molecule has 0 aromatic rings. The minimum Gasteiger partial charge on any atom is -0.353 e. The summed E-state index contributed by atoms with van der Waals surface area (Å²) in [4.78, 5) is 11.7. The van der Waals surface area contributed by atoms with E-state index < -0.39 is 0 Å². The summed E-state index contributed by atoms with van der Waals surface area (Å²) < 4.78 is 0. The second-order valence-electron chi connectivity index (χ2n) is 5.45. The lowest BCUT2D eigenvalue weighted by molar-refractivity contribution is -0.121. The molecule has 1 aliphatic carbocycles. The number of carbonyl (C=O) groups is 1. The Morgan fingerprint density at radius 1 is 1.31 bits per heavy atom. The Balaban J connectivity index is 2.19. The van der Waals surface area contributed by atoms with Crippen molar-refractivity contribution in [1.29, 1.82) is 0 Å². The molecule has 94 valence electrons. The van der Waals surface area contributed by atoms with Crippen molar-refractivity contribution in [3.8, 4) is 0 Å². The number of hydrogen-bond acceptors (Lipinski definition) is 2. The van der Waals surface area contributed by atoms with Gasteiger partial charge in [-0.25, -0.2) is 0 Å². The molecule has 1 fully saturated rings. The first-order chi connectivity index (χ1) is 7.50. The van der Waals surface area contributed by atoms with E-state index in [1.807, 2.05) is 0 Å². The minimum atomic E-state index is 0.194. The number of amides is 1. The van der Waals surface area contributed by atoms with Crippen molar-refractivity contribution in [3.05, 3.63) is 0 Å². The summed E-state index contributed by atoms with van der Waals surface area (Å²) in [5.41, 5.74) is 0. The topological polar surface area (TPSA) is 41.1 Å². The fraction of sp³-hybridized carbons (Fsp3) is 0.923. The van der Waals surface area contributed by atoms with Gasteiger partial charge in [0.15, 0.2) is 0 Å². The molecule has 0 saturated heterocycles. The van der Waals surface area contributed by atoms with Crippen molar-refractivity contribution in [2.45, 2.75) is 59.0 Å². The first kappa shape index (κ1) is 13.5. The molecule has 1 aliphatic rings. The lowest BCUT2D eigenvalue weighted by Gasteiger charge is -2.19. The molecule has 0 heterocycles. The average molecular weight is 226 g/mol. The molecule has 0 bridgehead atoms. The number of carbonyl (C=O) groups excluding carboxylic acids is 1. The molecular weight excluding hydrogens is 200 g/mol. The standard InChI is InChI=1S/C13H26N2O/c1-9(2)14-8-7-13(16)15-12-6-5-10(3)11(12)4/h9-12,14H,5-8H2,1-4H3,(H,15,16). The van der Waals surface area contributed by atoms with Crippen LogP contribution in [0.5, 0.6) is 0 Å². The summed E-state index contributed by atoms with van der Waals surface area (Å²) in [6, 6.07) is 0.861. The Bertz CT molecular complexity index is 228. The largest absolute Gasteiger partial charge is 0.353 e. The van der Waals surface area contributed by atoms with Crippen molar-refractivity contribution >= 4 is 5.91 Å². The molecule has 2 N–H and O–H groups in total. The van der Waals surface area contributed by atoms with Crippen molar-refractivity contribution in [2.75, 3.05) is 6.54 Å². The summed E-state index contributed by atoms with van der Waals surface area (Å²) in [6.07, 6.45) is 2.98. The maximum absolute atomic E-state index is 11.7. The second-order valence-corrected chi connectivity index (χ2v) is 5.45. The molecule has 3 nitrogen and oxygen atoms in total. The molecule has 3 atom stereocenters. The minimum absolute atomic E-state index is 0.194. The maximum Gasteiger partial charge on any atom is 0.221 e. The zero-order valence-electron chi connectivity index (χ0n) is 11.0. The van der Waals surface area contributed by atoms with E-state index in [0.717, 1.165) is 18.9 Å². The van der Waals surface area contributed by atoms with Crippen LogP contribution in [-0.4, -0.2) is 24.5 Å². The summed E-state index contributed by atoms with van der Waals surface area (Å²) in [6.45, 7) is 9.49. The molecule has 1 saturated carbocycles. The van der Waals surface area contributed by atoms with Gasteiger partial charge < -0.3 is 10.6 Å². The van der Waals surface area contributed by atoms with Gasteiger partial charge in [-0.1, -0.05) is 27.7 Å². The van der Waals surface area contributed by atoms with Gasteiger partial charge in [0.1, 0.15) is 0 Å². The van der Waals surface area contributed by atoms with E-state index in [1.165, 1.54) is 6.42 Å². The van der Waals surface area contributed by atoms with Crippen LogP contribution in [0, 0.1) is 11.8 Å². The molecule has 1 amide bonds. The molecular formula is C13H26N2O. The van der Waals surface area contributed by atoms with Crippen molar-refractivity contribution in [1.82, 2.24) is 10.6 Å². The van der Waals surface area contributed by atoms with Crippen LogP contribution in [0.4, 0.5) is 0 Å². The van der Waals surface area contributed by atoms with Gasteiger partial charge in [-0.3, -0.25) is 4.79 Å². The Labute approximate surface area is 99.4 Å². The van der Waals surface area contributed by atoms with E-state index in [9.17, 15) is 4.79 Å². The molecule has 0 spiro atoms. The summed E-state index contributed by atoms with van der Waals surface area (Å²) in [7, 11) is 0. The van der Waals surface area contributed by atoms with E-state index in [-0.39, 0.29) is 5.91 Å². The van der Waals surface area contributed by atoms with Gasteiger partial charge in [0.25, 0.3) is 0 Å². The maximum atomic E-state index is 11.7. The number of rotatable bonds is 5. The van der Waals surface area contributed by atoms with Crippen molar-refractivity contribution in [2.24, 2.45) is 11.8 Å². The van der Waals surface area contributed by atoms with Crippen molar-refractivity contribution in [3.63, 3.8) is 0 Å². The van der Waals surface area contributed by atoms with Crippen LogP contribution < -0.4 is 10.6 Å². The van der Waals surface area contributed by atoms with Crippen LogP contribution in [0.3, 0.4) is 0 Å². The lowest BCUT2D eigenvalue weighted by Crippen LogP contribution is -2.39. The van der Waals surface area contributed by atoms with E-state index in [4.69, 9.17) is 0 Å². The predicted octanol–water partition coefficient (Wildman–Crippen LogP) is 1.93. The Kier molecular flexibility index (Phi) is 5.26. The van der Waals surface area contributed by atoms with Crippen LogP contribution in [0.15, 0.2) is 0 Å². The van der Waals surface area contributed by atoms with Crippen LogP contribution >= 0.6 is 0 Å². The van der Waals surface area contributed by atoms with Gasteiger partial charge >= 0.3 is 0 Å². The second kappa shape index (κ2) is 6.24. The van der Waals surface area contributed by atoms with Crippen molar-refractivity contribution < 1.29 is 4.79 Å². The van der Waals surface area contributed by atoms with Gasteiger partial charge in [-0.05, 0) is 24.7 Å². The van der Waals surface area contributed by atoms with Gasteiger partial charge in [0.2, 0.25) is 5.91 Å². The fourth-order valence-corrected chi connectivity index (χ4v) is 2.32. The third-order valence-corrected chi connectivity index (χ3v) is 3.72. The first-order valence-electron chi connectivity index (χ1n) is 6.53. The van der Waals surface area contributed by atoms with E-state index >= 15 is 0 Å². The van der Waals surface area contributed by atoms with Gasteiger partial charge in [0.05, 0.1) is 0 Å². The Hall–Kier alpha value is -0.570. The molecule has 0 aromatic carbocycles. The smallest absolute Gasteiger partial charge is 0.221 e. The fourth-order valence-electron chi connectivity index (χ4n) is 2.32. The highest BCUT2D eigenvalue weighted by molar-refractivity contribution is 5.76. The van der Waals surface area contributed by atoms with E-state index in [0.29, 0.717) is 24.4 Å². The summed E-state index contributed by atoms with van der Waals surface area (Å²) in [5, 5.41) is 6.41. The third-order valence-electron chi connectivity index (χ3n) is 3.72. The van der Waals surface area contributed by atoms with Gasteiger partial charge in [-0.2, -0.15) is 0 Å². The van der Waals surface area contributed by atoms with E-state index in [2.05, 4.69) is 38.3 Å². The van der Waals surface area contributed by atoms with Crippen LogP contribution in [0.1, 0.15) is 47.0 Å². The highest BCUT2D eigenvalue weighted by atomic mass is 16.1. The quantitative estimate of drug-likeness (QED) is 0.752. The van der Waals surface area contributed by atoms with Gasteiger partial charge in [-0.15, -0.1) is 0 Å². The Morgan fingerprint density at radius 2 is 2.00 bits per heavy atom. The normalized spacial score (nSPS) is 29.7. The average Bonchev–Trinajstić information content (AvgIpc) is 2.49. The first-order valence-corrected chi connectivity index (χ1v) is 6.53. The van der Waals surface area contributed by atoms with Crippen LogP contribution in [-0.2, 0) is 4.79 Å². The number of hydrogen-bond donors (Lipinski definition) is 2. The zero-order valence-corrected chi connectivity index (χ0v) is 11.0. The third kappa shape index (κ3) is 4.12. The molecule has 0 aliphatic heterocycles. The SMILES string of the molecule is CC(C)NCCC(=O)NC1CCC(C)C1C. The highest BCUT2D eigenvalue weighted by Gasteiger charge is 2.30. The zero-order chi connectivity index (χ0) is 12.1. The van der Waals surface area contributed by atoms with E-state index in [1.54, 1.807) is 0 Å². The van der Waals surface area contributed by atoms with Crippen LogP contribution in [0.25, 0.3) is 0 Å². The Morgan fingerprint density at radius 3 is 2.50 bits per heavy atom.